The molecule has 5 nitrogen and oxygen atoms in total. The average molecular weight is 252 g/mol. The number of carbonyl (C=O) groups excluding carboxylic acids is 1. The second-order valence-corrected chi connectivity index (χ2v) is 4.60. The second kappa shape index (κ2) is 6.26. The lowest BCUT2D eigenvalue weighted by molar-refractivity contribution is -0.124. The molecule has 5 heteroatoms. The van der Waals surface area contributed by atoms with Crippen LogP contribution in [-0.2, 0) is 9.53 Å². The molecule has 0 saturated carbocycles. The Kier molecular flexibility index (Phi) is 4.97. The topological polar surface area (TPSA) is 73.6 Å². The molecule has 0 atom stereocenters. The third-order valence-electron chi connectivity index (χ3n) is 2.49. The van der Waals surface area contributed by atoms with Crippen LogP contribution in [0.4, 0.5) is 5.69 Å². The van der Waals surface area contributed by atoms with Gasteiger partial charge >= 0.3 is 0 Å². The molecular weight excluding hydrogens is 232 g/mol. The van der Waals surface area contributed by atoms with E-state index in [4.69, 9.17) is 15.2 Å². The number of nitrogens with two attached hydrogens (primary N) is 1. The minimum absolute atomic E-state index is 0.0384. The molecule has 1 rings (SSSR count). The fraction of sp³-hybridized carbons (Fsp3) is 0.462. The fourth-order valence-corrected chi connectivity index (χ4v) is 1.19. The maximum atomic E-state index is 11.5. The van der Waals surface area contributed by atoms with E-state index in [1.54, 1.807) is 31.4 Å². The van der Waals surface area contributed by atoms with Gasteiger partial charge in [0.25, 0.3) is 5.91 Å². The highest BCUT2D eigenvalue weighted by Crippen LogP contribution is 2.14. The Hall–Kier alpha value is -1.75. The van der Waals surface area contributed by atoms with E-state index in [0.717, 1.165) is 0 Å². The molecule has 0 heterocycles. The summed E-state index contributed by atoms with van der Waals surface area (Å²) in [4.78, 5) is 11.5. The highest BCUT2D eigenvalue weighted by atomic mass is 16.5. The van der Waals surface area contributed by atoms with E-state index < -0.39 is 0 Å². The Morgan fingerprint density at radius 2 is 2.17 bits per heavy atom. The van der Waals surface area contributed by atoms with Crippen LogP contribution in [0.15, 0.2) is 24.3 Å². The molecule has 1 amide bonds. The maximum Gasteiger partial charge on any atom is 0.258 e. The smallest absolute Gasteiger partial charge is 0.258 e. The zero-order valence-corrected chi connectivity index (χ0v) is 11.0. The first-order valence-electron chi connectivity index (χ1n) is 5.73. The molecule has 100 valence electrons. The third-order valence-corrected chi connectivity index (χ3v) is 2.49. The quantitative estimate of drug-likeness (QED) is 0.746. The summed E-state index contributed by atoms with van der Waals surface area (Å²) in [7, 11) is 1.61. The molecule has 18 heavy (non-hydrogen) atoms. The lowest BCUT2D eigenvalue weighted by Gasteiger charge is -2.23. The number of hydrogen-bond acceptors (Lipinski definition) is 4. The molecule has 0 saturated heterocycles. The van der Waals surface area contributed by atoms with Crippen molar-refractivity contribution in [2.45, 2.75) is 19.4 Å². The third kappa shape index (κ3) is 5.05. The van der Waals surface area contributed by atoms with Gasteiger partial charge < -0.3 is 20.5 Å². The number of nitrogens with one attached hydrogen (secondary N) is 1. The van der Waals surface area contributed by atoms with Crippen LogP contribution < -0.4 is 15.8 Å². The standard InChI is InChI=1S/C13H20N2O3/c1-13(2,17-3)9-15-12(16)8-18-11-6-4-5-10(14)7-11/h4-7H,8-9,14H2,1-3H3,(H,15,16). The van der Waals surface area contributed by atoms with Crippen molar-refractivity contribution in [1.29, 1.82) is 0 Å². The largest absolute Gasteiger partial charge is 0.484 e. The van der Waals surface area contributed by atoms with Crippen molar-refractivity contribution in [3.05, 3.63) is 24.3 Å². The van der Waals surface area contributed by atoms with Gasteiger partial charge in [0.15, 0.2) is 6.61 Å². The van der Waals surface area contributed by atoms with Crippen molar-refractivity contribution in [1.82, 2.24) is 5.32 Å². The molecule has 1 aromatic rings. The number of amides is 1. The van der Waals surface area contributed by atoms with Gasteiger partial charge in [-0.3, -0.25) is 4.79 Å². The van der Waals surface area contributed by atoms with E-state index >= 15 is 0 Å². The van der Waals surface area contributed by atoms with Crippen LogP contribution in [0.1, 0.15) is 13.8 Å². The summed E-state index contributed by atoms with van der Waals surface area (Å²) < 4.78 is 10.5. The molecule has 0 aliphatic carbocycles. The van der Waals surface area contributed by atoms with Crippen LogP contribution in [-0.4, -0.2) is 31.8 Å². The van der Waals surface area contributed by atoms with Crippen molar-refractivity contribution >= 4 is 11.6 Å². The summed E-state index contributed by atoms with van der Waals surface area (Å²) in [5.74, 6) is 0.388. The minimum atomic E-state index is -0.382. The molecule has 1 aromatic carbocycles. The predicted molar refractivity (Wildman–Crippen MR) is 70.4 cm³/mol. The summed E-state index contributed by atoms with van der Waals surface area (Å²) in [6.07, 6.45) is 0. The number of nitrogen functional groups attached to an aromatic ring is 1. The minimum Gasteiger partial charge on any atom is -0.484 e. The molecule has 0 aromatic heterocycles. The van der Waals surface area contributed by atoms with Crippen LogP contribution >= 0.6 is 0 Å². The van der Waals surface area contributed by atoms with Gasteiger partial charge in [0.1, 0.15) is 5.75 Å². The van der Waals surface area contributed by atoms with Crippen LogP contribution in [0.25, 0.3) is 0 Å². The summed E-state index contributed by atoms with van der Waals surface area (Å²) in [5, 5.41) is 2.74. The number of ether oxygens (including phenoxy) is 2. The van der Waals surface area contributed by atoms with Gasteiger partial charge in [-0.25, -0.2) is 0 Å². The molecule has 3 N–H and O–H groups in total. The molecule has 0 unspecified atom stereocenters. The number of hydrogen-bond donors (Lipinski definition) is 2. The van der Waals surface area contributed by atoms with E-state index in [1.807, 2.05) is 13.8 Å². The molecular formula is C13H20N2O3. The normalized spacial score (nSPS) is 11.1. The van der Waals surface area contributed by atoms with Crippen molar-refractivity contribution in [3.63, 3.8) is 0 Å². The molecule has 0 spiro atoms. The molecule has 0 aliphatic rings. The van der Waals surface area contributed by atoms with E-state index in [0.29, 0.717) is 18.0 Å². The number of rotatable bonds is 6. The molecule has 0 fully saturated rings. The zero-order valence-electron chi connectivity index (χ0n) is 11.0. The highest BCUT2D eigenvalue weighted by Gasteiger charge is 2.17. The average Bonchev–Trinajstić information content (AvgIpc) is 2.34. The van der Waals surface area contributed by atoms with Gasteiger partial charge in [0.2, 0.25) is 0 Å². The van der Waals surface area contributed by atoms with Crippen LogP contribution in [0.3, 0.4) is 0 Å². The zero-order chi connectivity index (χ0) is 13.6. The van der Waals surface area contributed by atoms with Crippen LogP contribution in [0.5, 0.6) is 5.75 Å². The predicted octanol–water partition coefficient (Wildman–Crippen LogP) is 1.19. The van der Waals surface area contributed by atoms with Gasteiger partial charge in [0.05, 0.1) is 5.60 Å². The molecule has 0 bridgehead atoms. The fourth-order valence-electron chi connectivity index (χ4n) is 1.19. The van der Waals surface area contributed by atoms with Gasteiger partial charge in [-0.15, -0.1) is 0 Å². The first-order chi connectivity index (χ1) is 8.43. The van der Waals surface area contributed by atoms with Crippen LogP contribution in [0.2, 0.25) is 0 Å². The van der Waals surface area contributed by atoms with Gasteiger partial charge in [0, 0.05) is 25.4 Å². The lowest BCUT2D eigenvalue weighted by Crippen LogP contribution is -2.41. The van der Waals surface area contributed by atoms with Crippen molar-refractivity contribution in [2.24, 2.45) is 0 Å². The highest BCUT2D eigenvalue weighted by molar-refractivity contribution is 5.77. The van der Waals surface area contributed by atoms with Gasteiger partial charge in [-0.1, -0.05) is 6.07 Å². The summed E-state index contributed by atoms with van der Waals surface area (Å²) in [5.41, 5.74) is 5.82. The number of anilines is 1. The van der Waals surface area contributed by atoms with E-state index in [9.17, 15) is 4.79 Å². The summed E-state index contributed by atoms with van der Waals surface area (Å²) >= 11 is 0. The number of carbonyl (C=O) groups is 1. The molecule has 0 aliphatic heterocycles. The Labute approximate surface area is 107 Å². The lowest BCUT2D eigenvalue weighted by atomic mass is 10.1. The summed E-state index contributed by atoms with van der Waals surface area (Å²) in [6, 6.07) is 6.96. The molecule has 0 radical (unpaired) electrons. The van der Waals surface area contributed by atoms with Gasteiger partial charge in [-0.05, 0) is 26.0 Å². The number of benzene rings is 1. The maximum absolute atomic E-state index is 11.5. The first kappa shape index (κ1) is 14.3. The monoisotopic (exact) mass is 252 g/mol. The van der Waals surface area contributed by atoms with Crippen molar-refractivity contribution < 1.29 is 14.3 Å². The summed E-state index contributed by atoms with van der Waals surface area (Å²) in [6.45, 7) is 4.18. The second-order valence-electron chi connectivity index (χ2n) is 4.60. The van der Waals surface area contributed by atoms with E-state index in [2.05, 4.69) is 5.32 Å². The Morgan fingerprint density at radius 3 is 2.78 bits per heavy atom. The Bertz CT molecular complexity index is 405. The Balaban J connectivity index is 2.34. The first-order valence-corrected chi connectivity index (χ1v) is 5.73. The van der Waals surface area contributed by atoms with Crippen LogP contribution in [0, 0.1) is 0 Å². The van der Waals surface area contributed by atoms with E-state index in [-0.39, 0.29) is 18.1 Å². The Morgan fingerprint density at radius 1 is 1.44 bits per heavy atom. The number of methoxy groups -OCH3 is 1. The van der Waals surface area contributed by atoms with Crippen molar-refractivity contribution in [2.75, 3.05) is 26.0 Å². The van der Waals surface area contributed by atoms with Crippen molar-refractivity contribution in [3.8, 4) is 5.75 Å². The van der Waals surface area contributed by atoms with Gasteiger partial charge in [-0.2, -0.15) is 0 Å². The van der Waals surface area contributed by atoms with E-state index in [1.165, 1.54) is 0 Å². The SMILES string of the molecule is COC(C)(C)CNC(=O)COc1cccc(N)c1.